The Morgan fingerprint density at radius 1 is 1.38 bits per heavy atom. The molecule has 1 aromatic heterocycles. The second kappa shape index (κ2) is 4.64. The predicted octanol–water partition coefficient (Wildman–Crippen LogP) is 0.574. The van der Waals surface area contributed by atoms with Crippen molar-refractivity contribution < 1.29 is 10.2 Å². The van der Waals surface area contributed by atoms with Gasteiger partial charge in [0.05, 0.1) is 17.5 Å². The van der Waals surface area contributed by atoms with Crippen LogP contribution in [-0.2, 0) is 0 Å². The van der Waals surface area contributed by atoms with E-state index in [0.29, 0.717) is 11.0 Å². The van der Waals surface area contributed by atoms with E-state index in [-0.39, 0.29) is 0 Å². The lowest BCUT2D eigenvalue weighted by molar-refractivity contribution is 0.0309. The number of hydrogen-bond donors (Lipinski definition) is 2. The van der Waals surface area contributed by atoms with Gasteiger partial charge >= 0.3 is 0 Å². The molecular weight excluding hydrogens is 236 g/mol. The summed E-state index contributed by atoms with van der Waals surface area (Å²) in [6.45, 7) is 1.81. The SMILES string of the molecule is Cc1ccc(C(O)C(O)CBr)nn1. The standard InChI is InChI=1S/C8H11BrN2O2/c1-5-2-3-6(11-10-5)8(13)7(12)4-9/h2-3,7-8,12-13H,4H2,1H3. The number of halogens is 1. The number of aromatic nitrogens is 2. The van der Waals surface area contributed by atoms with Gasteiger partial charge in [-0.3, -0.25) is 0 Å². The summed E-state index contributed by atoms with van der Waals surface area (Å²) in [6, 6.07) is 3.39. The fourth-order valence-electron chi connectivity index (χ4n) is 0.848. The number of alkyl halides is 1. The molecule has 4 nitrogen and oxygen atoms in total. The highest BCUT2D eigenvalue weighted by Crippen LogP contribution is 2.14. The Bertz CT molecular complexity index is 265. The maximum absolute atomic E-state index is 9.50. The van der Waals surface area contributed by atoms with E-state index in [2.05, 4.69) is 26.1 Å². The number of aliphatic hydroxyl groups is 2. The zero-order valence-corrected chi connectivity index (χ0v) is 8.77. The van der Waals surface area contributed by atoms with Crippen molar-refractivity contribution >= 4 is 15.9 Å². The number of aryl methyl sites for hydroxylation is 1. The first-order chi connectivity index (χ1) is 6.15. The minimum absolute atomic E-state index is 0.309. The molecule has 0 saturated heterocycles. The molecule has 0 aromatic carbocycles. The van der Waals surface area contributed by atoms with Gasteiger partial charge in [0.25, 0.3) is 0 Å². The highest BCUT2D eigenvalue weighted by atomic mass is 79.9. The zero-order chi connectivity index (χ0) is 9.84. The summed E-state index contributed by atoms with van der Waals surface area (Å²) in [6.07, 6.45) is -1.83. The molecule has 2 unspecified atom stereocenters. The van der Waals surface area contributed by atoms with Gasteiger partial charge in [0.2, 0.25) is 0 Å². The third kappa shape index (κ3) is 2.72. The smallest absolute Gasteiger partial charge is 0.124 e. The summed E-state index contributed by atoms with van der Waals surface area (Å²) in [7, 11) is 0. The van der Waals surface area contributed by atoms with Crippen LogP contribution in [0.4, 0.5) is 0 Å². The van der Waals surface area contributed by atoms with Crippen LogP contribution < -0.4 is 0 Å². The third-order valence-electron chi connectivity index (χ3n) is 1.64. The molecule has 1 heterocycles. The Morgan fingerprint density at radius 3 is 2.54 bits per heavy atom. The van der Waals surface area contributed by atoms with Crippen LogP contribution in [0.5, 0.6) is 0 Å². The molecule has 0 spiro atoms. The number of rotatable bonds is 3. The highest BCUT2D eigenvalue weighted by Gasteiger charge is 2.18. The first-order valence-electron chi connectivity index (χ1n) is 3.87. The van der Waals surface area contributed by atoms with Crippen LogP contribution in [0.15, 0.2) is 12.1 Å². The Morgan fingerprint density at radius 2 is 2.08 bits per heavy atom. The van der Waals surface area contributed by atoms with Crippen LogP contribution >= 0.6 is 15.9 Å². The lowest BCUT2D eigenvalue weighted by Crippen LogP contribution is -2.20. The van der Waals surface area contributed by atoms with Crippen molar-refractivity contribution in [1.82, 2.24) is 10.2 Å². The van der Waals surface area contributed by atoms with Gasteiger partial charge in [-0.2, -0.15) is 10.2 Å². The molecule has 0 amide bonds. The highest BCUT2D eigenvalue weighted by molar-refractivity contribution is 9.09. The van der Waals surface area contributed by atoms with E-state index in [1.54, 1.807) is 12.1 Å². The van der Waals surface area contributed by atoms with Gasteiger partial charge in [-0.1, -0.05) is 15.9 Å². The Kier molecular flexibility index (Phi) is 3.77. The molecule has 0 radical (unpaired) electrons. The van der Waals surface area contributed by atoms with Gasteiger partial charge in [-0.15, -0.1) is 0 Å². The maximum Gasteiger partial charge on any atom is 0.124 e. The van der Waals surface area contributed by atoms with Crippen molar-refractivity contribution in [3.05, 3.63) is 23.5 Å². The molecule has 72 valence electrons. The second-order valence-corrected chi connectivity index (χ2v) is 3.41. The van der Waals surface area contributed by atoms with Crippen molar-refractivity contribution in [2.75, 3.05) is 5.33 Å². The number of aliphatic hydroxyl groups excluding tert-OH is 2. The largest absolute Gasteiger partial charge is 0.389 e. The van der Waals surface area contributed by atoms with E-state index >= 15 is 0 Å². The number of nitrogens with zero attached hydrogens (tertiary/aromatic N) is 2. The van der Waals surface area contributed by atoms with Gasteiger partial charge in [-0.25, -0.2) is 0 Å². The topological polar surface area (TPSA) is 66.2 Å². The van der Waals surface area contributed by atoms with Crippen molar-refractivity contribution in [1.29, 1.82) is 0 Å². The summed E-state index contributed by atoms with van der Waals surface area (Å²) in [5.41, 5.74) is 1.17. The Hall–Kier alpha value is -0.520. The second-order valence-electron chi connectivity index (χ2n) is 2.77. The average molecular weight is 247 g/mol. The monoisotopic (exact) mass is 246 g/mol. The summed E-state index contributed by atoms with van der Waals surface area (Å²) in [5, 5.41) is 26.6. The molecule has 0 aliphatic rings. The minimum atomic E-state index is -0.979. The Balaban J connectivity index is 2.77. The molecule has 0 saturated carbocycles. The van der Waals surface area contributed by atoms with Crippen molar-refractivity contribution in [2.24, 2.45) is 0 Å². The first-order valence-corrected chi connectivity index (χ1v) is 4.99. The van der Waals surface area contributed by atoms with Gasteiger partial charge < -0.3 is 10.2 Å². The van der Waals surface area contributed by atoms with E-state index in [9.17, 15) is 10.2 Å². The Labute approximate surface area is 84.8 Å². The third-order valence-corrected chi connectivity index (χ3v) is 2.31. The predicted molar refractivity (Wildman–Crippen MR) is 51.5 cm³/mol. The molecule has 5 heteroatoms. The van der Waals surface area contributed by atoms with Crippen LogP contribution in [-0.4, -0.2) is 31.8 Å². The van der Waals surface area contributed by atoms with Crippen molar-refractivity contribution in [2.45, 2.75) is 19.1 Å². The quantitative estimate of drug-likeness (QED) is 0.766. The van der Waals surface area contributed by atoms with E-state index < -0.39 is 12.2 Å². The van der Waals surface area contributed by atoms with Gasteiger partial charge in [0, 0.05) is 5.33 Å². The van der Waals surface area contributed by atoms with Crippen molar-refractivity contribution in [3.8, 4) is 0 Å². The van der Waals surface area contributed by atoms with Crippen LogP contribution in [0.1, 0.15) is 17.5 Å². The molecular formula is C8H11BrN2O2. The lowest BCUT2D eigenvalue weighted by atomic mass is 10.1. The minimum Gasteiger partial charge on any atom is -0.389 e. The molecule has 1 aromatic rings. The van der Waals surface area contributed by atoms with Gasteiger partial charge in [0.15, 0.2) is 0 Å². The first kappa shape index (κ1) is 10.6. The molecule has 1 rings (SSSR count). The van der Waals surface area contributed by atoms with Crippen LogP contribution in [0.2, 0.25) is 0 Å². The summed E-state index contributed by atoms with van der Waals surface area (Å²) >= 11 is 3.07. The van der Waals surface area contributed by atoms with Crippen LogP contribution in [0.25, 0.3) is 0 Å². The van der Waals surface area contributed by atoms with Crippen molar-refractivity contribution in [3.63, 3.8) is 0 Å². The molecule has 0 bridgehead atoms. The van der Waals surface area contributed by atoms with E-state index in [1.807, 2.05) is 6.92 Å². The van der Waals surface area contributed by atoms with Gasteiger partial charge in [-0.05, 0) is 19.1 Å². The molecule has 0 aliphatic heterocycles. The fourth-order valence-corrected chi connectivity index (χ4v) is 1.20. The van der Waals surface area contributed by atoms with Crippen LogP contribution in [0, 0.1) is 6.92 Å². The summed E-state index contributed by atoms with van der Waals surface area (Å²) in [5.74, 6) is 0. The maximum atomic E-state index is 9.50. The number of hydrogen-bond acceptors (Lipinski definition) is 4. The van der Waals surface area contributed by atoms with E-state index in [4.69, 9.17) is 0 Å². The summed E-state index contributed by atoms with van der Waals surface area (Å²) < 4.78 is 0. The van der Waals surface area contributed by atoms with E-state index in [1.165, 1.54) is 0 Å². The lowest BCUT2D eigenvalue weighted by Gasteiger charge is -2.13. The molecule has 13 heavy (non-hydrogen) atoms. The normalized spacial score (nSPS) is 15.4. The average Bonchev–Trinajstić information content (AvgIpc) is 2.17. The van der Waals surface area contributed by atoms with Crippen LogP contribution in [0.3, 0.4) is 0 Å². The molecule has 0 aliphatic carbocycles. The van der Waals surface area contributed by atoms with E-state index in [0.717, 1.165) is 5.69 Å². The summed E-state index contributed by atoms with van der Waals surface area (Å²) in [4.78, 5) is 0. The van der Waals surface area contributed by atoms with Gasteiger partial charge in [0.1, 0.15) is 6.10 Å². The zero-order valence-electron chi connectivity index (χ0n) is 7.18. The molecule has 2 atom stereocenters. The molecule has 0 fully saturated rings. The fraction of sp³-hybridized carbons (Fsp3) is 0.500. The molecule has 2 N–H and O–H groups in total.